The van der Waals surface area contributed by atoms with E-state index in [9.17, 15) is 18.0 Å². The van der Waals surface area contributed by atoms with Gasteiger partial charge < -0.3 is 15.3 Å². The average Bonchev–Trinajstić information content (AvgIpc) is 2.25. The highest BCUT2D eigenvalue weighted by Crippen LogP contribution is 2.35. The third-order valence-corrected chi connectivity index (χ3v) is 2.48. The molecule has 4 nitrogen and oxygen atoms in total. The Balaban J connectivity index is 3.02. The minimum atomic E-state index is -5.44. The Hall–Kier alpha value is -1.60. The van der Waals surface area contributed by atoms with Crippen molar-refractivity contribution < 1.29 is 33.3 Å². The Morgan fingerprint density at radius 1 is 1.17 bits per heavy atom. The first-order chi connectivity index (χ1) is 8.16. The van der Waals surface area contributed by atoms with Crippen LogP contribution >= 0.6 is 0 Å². The van der Waals surface area contributed by atoms with Gasteiger partial charge in [0.15, 0.2) is 0 Å². The van der Waals surface area contributed by atoms with Crippen LogP contribution in [0.1, 0.15) is 5.56 Å². The highest BCUT2D eigenvalue weighted by atomic mass is 19.4. The summed E-state index contributed by atoms with van der Waals surface area (Å²) in [6, 6.07) is 7.44. The lowest BCUT2D eigenvalue weighted by atomic mass is 9.91. The van der Waals surface area contributed by atoms with Crippen LogP contribution in [0.2, 0.25) is 0 Å². The van der Waals surface area contributed by atoms with Crippen LogP contribution in [0.4, 0.5) is 13.2 Å². The third-order valence-electron chi connectivity index (χ3n) is 2.48. The molecule has 1 aromatic carbocycles. The van der Waals surface area contributed by atoms with Gasteiger partial charge in [-0.3, -0.25) is 4.79 Å². The number of halogens is 3. The molecule has 0 spiro atoms. The second-order valence-electron chi connectivity index (χ2n) is 3.80. The summed E-state index contributed by atoms with van der Waals surface area (Å²) in [6.45, 7) is 0. The van der Waals surface area contributed by atoms with E-state index in [1.165, 1.54) is 24.3 Å². The Bertz CT molecular complexity index is 414. The van der Waals surface area contributed by atoms with E-state index in [1.54, 1.807) is 6.07 Å². The first-order valence-corrected chi connectivity index (χ1v) is 4.94. The summed E-state index contributed by atoms with van der Waals surface area (Å²) >= 11 is 0. The number of hydrogen-bond acceptors (Lipinski definition) is 3. The fraction of sp³-hybridized carbons (Fsp3) is 0.364. The zero-order chi connectivity index (χ0) is 14.0. The van der Waals surface area contributed by atoms with E-state index in [1.807, 2.05) is 0 Å². The predicted molar refractivity (Wildman–Crippen MR) is 54.5 cm³/mol. The molecule has 0 aromatic heterocycles. The van der Waals surface area contributed by atoms with E-state index < -0.39 is 30.3 Å². The molecular weight excluding hydrogens is 253 g/mol. The normalized spacial score (nSPS) is 14.3. The highest BCUT2D eigenvalue weighted by molar-refractivity contribution is 5.71. The molecule has 0 bridgehead atoms. The van der Waals surface area contributed by atoms with Gasteiger partial charge in [-0.1, -0.05) is 30.3 Å². The van der Waals surface area contributed by atoms with Gasteiger partial charge in [0.25, 0.3) is 5.79 Å². The molecule has 0 aliphatic carbocycles. The Labute approximate surface area is 100 Å². The first-order valence-electron chi connectivity index (χ1n) is 4.94. The van der Waals surface area contributed by atoms with Crippen molar-refractivity contribution >= 4 is 5.97 Å². The summed E-state index contributed by atoms with van der Waals surface area (Å²) < 4.78 is 37.1. The van der Waals surface area contributed by atoms with Crippen molar-refractivity contribution in [2.75, 3.05) is 0 Å². The number of rotatable bonds is 4. The Kier molecular flexibility index (Phi) is 3.98. The van der Waals surface area contributed by atoms with E-state index in [2.05, 4.69) is 0 Å². The number of aliphatic hydroxyl groups is 2. The van der Waals surface area contributed by atoms with Gasteiger partial charge in [0.1, 0.15) is 5.92 Å². The Morgan fingerprint density at radius 3 is 2.06 bits per heavy atom. The number of benzene rings is 1. The van der Waals surface area contributed by atoms with Gasteiger partial charge in [-0.15, -0.1) is 0 Å². The molecule has 1 rings (SSSR count). The van der Waals surface area contributed by atoms with Crippen molar-refractivity contribution in [2.24, 2.45) is 5.92 Å². The molecule has 0 aliphatic rings. The zero-order valence-corrected chi connectivity index (χ0v) is 9.05. The lowest BCUT2D eigenvalue weighted by Crippen LogP contribution is -2.54. The molecule has 18 heavy (non-hydrogen) atoms. The number of alkyl halides is 3. The van der Waals surface area contributed by atoms with Crippen LogP contribution in [0, 0.1) is 5.92 Å². The van der Waals surface area contributed by atoms with Gasteiger partial charge in [0.2, 0.25) is 0 Å². The highest BCUT2D eigenvalue weighted by Gasteiger charge is 2.60. The monoisotopic (exact) mass is 264 g/mol. The number of carboxylic acid groups (broad SMARTS) is 1. The maximum atomic E-state index is 12.4. The molecule has 0 saturated carbocycles. The summed E-state index contributed by atoms with van der Waals surface area (Å²) in [6.07, 6.45) is -6.08. The molecule has 1 aromatic rings. The number of carbonyl (C=O) groups is 1. The van der Waals surface area contributed by atoms with Crippen LogP contribution in [-0.2, 0) is 11.2 Å². The van der Waals surface area contributed by atoms with Crippen LogP contribution < -0.4 is 0 Å². The molecule has 0 amide bonds. The molecule has 1 atom stereocenters. The molecule has 0 aliphatic heterocycles. The van der Waals surface area contributed by atoms with Gasteiger partial charge in [-0.05, 0) is 12.0 Å². The van der Waals surface area contributed by atoms with Gasteiger partial charge in [0.05, 0.1) is 0 Å². The summed E-state index contributed by atoms with van der Waals surface area (Å²) in [5.41, 5.74) is 0.265. The first kappa shape index (κ1) is 14.5. The largest absolute Gasteiger partial charge is 0.481 e. The van der Waals surface area contributed by atoms with Gasteiger partial charge in [0, 0.05) is 0 Å². The maximum absolute atomic E-state index is 12.4. The molecule has 1 unspecified atom stereocenters. The molecule has 7 heteroatoms. The molecule has 3 N–H and O–H groups in total. The van der Waals surface area contributed by atoms with Crippen molar-refractivity contribution in [1.82, 2.24) is 0 Å². The second-order valence-corrected chi connectivity index (χ2v) is 3.80. The van der Waals surface area contributed by atoms with Crippen molar-refractivity contribution in [3.63, 3.8) is 0 Å². The average molecular weight is 264 g/mol. The summed E-state index contributed by atoms with van der Waals surface area (Å²) in [4.78, 5) is 10.8. The van der Waals surface area contributed by atoms with Crippen LogP contribution in [0.3, 0.4) is 0 Å². The number of hydrogen-bond donors (Lipinski definition) is 3. The predicted octanol–water partition coefficient (Wildman–Crippen LogP) is 1.17. The lowest BCUT2D eigenvalue weighted by molar-refractivity contribution is -0.366. The third kappa shape index (κ3) is 2.99. The van der Waals surface area contributed by atoms with Crippen molar-refractivity contribution in [2.45, 2.75) is 18.4 Å². The fourth-order valence-electron chi connectivity index (χ4n) is 1.45. The maximum Gasteiger partial charge on any atom is 0.443 e. The fourth-order valence-corrected chi connectivity index (χ4v) is 1.45. The van der Waals surface area contributed by atoms with E-state index in [0.29, 0.717) is 0 Å². The number of carboxylic acids is 1. The van der Waals surface area contributed by atoms with Crippen LogP contribution in [0.25, 0.3) is 0 Å². The van der Waals surface area contributed by atoms with Crippen LogP contribution in [0.15, 0.2) is 30.3 Å². The summed E-state index contributed by atoms with van der Waals surface area (Å²) in [5, 5.41) is 26.7. The smallest absolute Gasteiger partial charge is 0.443 e. The topological polar surface area (TPSA) is 77.8 Å². The van der Waals surface area contributed by atoms with Crippen LogP contribution in [0.5, 0.6) is 0 Å². The van der Waals surface area contributed by atoms with Gasteiger partial charge in [-0.25, -0.2) is 0 Å². The van der Waals surface area contributed by atoms with Gasteiger partial charge >= 0.3 is 12.1 Å². The summed E-state index contributed by atoms with van der Waals surface area (Å²) in [5.74, 6) is -8.59. The van der Waals surface area contributed by atoms with Crippen molar-refractivity contribution in [1.29, 1.82) is 0 Å². The zero-order valence-electron chi connectivity index (χ0n) is 9.05. The van der Waals surface area contributed by atoms with E-state index in [4.69, 9.17) is 15.3 Å². The molecule has 0 saturated heterocycles. The molecular formula is C11H11F3O4. The molecule has 0 fully saturated rings. The SMILES string of the molecule is O=C(O)C(Cc1ccccc1)C(O)(O)C(F)(F)F. The second kappa shape index (κ2) is 4.95. The van der Waals surface area contributed by atoms with E-state index >= 15 is 0 Å². The summed E-state index contributed by atoms with van der Waals surface area (Å²) in [7, 11) is 0. The molecule has 100 valence electrons. The van der Waals surface area contributed by atoms with Crippen molar-refractivity contribution in [3.05, 3.63) is 35.9 Å². The minimum absolute atomic E-state index is 0.265. The Morgan fingerprint density at radius 2 is 1.67 bits per heavy atom. The number of aliphatic carboxylic acids is 1. The van der Waals surface area contributed by atoms with E-state index in [0.717, 1.165) is 0 Å². The van der Waals surface area contributed by atoms with Gasteiger partial charge in [-0.2, -0.15) is 13.2 Å². The van der Waals surface area contributed by atoms with Crippen molar-refractivity contribution in [3.8, 4) is 0 Å². The molecule has 0 heterocycles. The molecule has 0 radical (unpaired) electrons. The van der Waals surface area contributed by atoms with E-state index in [-0.39, 0.29) is 5.56 Å². The van der Waals surface area contributed by atoms with Crippen LogP contribution in [-0.4, -0.2) is 33.3 Å². The lowest BCUT2D eigenvalue weighted by Gasteiger charge is -2.30. The minimum Gasteiger partial charge on any atom is -0.481 e. The standard InChI is InChI=1S/C11H11F3O4/c12-11(13,14)10(17,18)8(9(15)16)6-7-4-2-1-3-5-7/h1-5,8,17-18H,6H2,(H,15,16). The quantitative estimate of drug-likeness (QED) is 0.713.